The van der Waals surface area contributed by atoms with Gasteiger partial charge < -0.3 is 10.3 Å². The molecule has 25 heavy (non-hydrogen) atoms. The van der Waals surface area contributed by atoms with Crippen molar-refractivity contribution in [3.8, 4) is 0 Å². The van der Waals surface area contributed by atoms with Crippen LogP contribution in [0.4, 0.5) is 5.69 Å². The molecule has 0 unspecified atom stereocenters. The summed E-state index contributed by atoms with van der Waals surface area (Å²) in [5.74, 6) is 1.83. The number of aryl methyl sites for hydroxylation is 2. The summed E-state index contributed by atoms with van der Waals surface area (Å²) in [5.41, 5.74) is 3.47. The lowest BCUT2D eigenvalue weighted by Gasteiger charge is -2.11. The van der Waals surface area contributed by atoms with Crippen molar-refractivity contribution in [2.75, 3.05) is 16.8 Å². The lowest BCUT2D eigenvalue weighted by Crippen LogP contribution is -2.17. The van der Waals surface area contributed by atoms with Crippen molar-refractivity contribution in [1.29, 1.82) is 0 Å². The van der Waals surface area contributed by atoms with Crippen LogP contribution in [0.2, 0.25) is 0 Å². The largest absolute Gasteiger partial charge is 0.325 e. The van der Waals surface area contributed by atoms with Crippen molar-refractivity contribution in [3.63, 3.8) is 0 Å². The molecule has 0 aliphatic heterocycles. The zero-order chi connectivity index (χ0) is 18.2. The van der Waals surface area contributed by atoms with E-state index in [-0.39, 0.29) is 17.2 Å². The van der Waals surface area contributed by atoms with Gasteiger partial charge in [0, 0.05) is 17.5 Å². The number of anilines is 1. The van der Waals surface area contributed by atoms with Crippen molar-refractivity contribution in [2.24, 2.45) is 0 Å². The van der Waals surface area contributed by atoms with Crippen LogP contribution < -0.4 is 10.9 Å². The Balaban J connectivity index is 1.96. The van der Waals surface area contributed by atoms with Crippen LogP contribution in [-0.2, 0) is 10.5 Å². The highest BCUT2D eigenvalue weighted by atomic mass is 32.2. The van der Waals surface area contributed by atoms with Gasteiger partial charge in [-0.1, -0.05) is 36.9 Å². The molecule has 0 atom stereocenters. The van der Waals surface area contributed by atoms with Crippen molar-refractivity contribution in [2.45, 2.75) is 38.1 Å². The molecule has 1 amide bonds. The number of benzene rings is 1. The van der Waals surface area contributed by atoms with Gasteiger partial charge in [0.2, 0.25) is 5.91 Å². The highest BCUT2D eigenvalue weighted by molar-refractivity contribution is 7.99. The molecule has 0 aliphatic carbocycles. The second-order valence-electron chi connectivity index (χ2n) is 5.70. The average molecular weight is 378 g/mol. The van der Waals surface area contributed by atoms with Crippen LogP contribution in [0.25, 0.3) is 0 Å². The summed E-state index contributed by atoms with van der Waals surface area (Å²) in [7, 11) is 0. The number of rotatable bonds is 8. The summed E-state index contributed by atoms with van der Waals surface area (Å²) >= 11 is 2.99. The fraction of sp³-hybridized carbons (Fsp3) is 0.389. The van der Waals surface area contributed by atoms with Gasteiger partial charge in [-0.15, -0.1) is 0 Å². The van der Waals surface area contributed by atoms with Gasteiger partial charge in [0.1, 0.15) is 0 Å². The number of carbonyl (C=O) groups is 1. The maximum absolute atomic E-state index is 12.2. The number of aromatic amines is 1. The first-order valence-electron chi connectivity index (χ1n) is 8.16. The van der Waals surface area contributed by atoms with Crippen LogP contribution in [0.1, 0.15) is 30.2 Å². The van der Waals surface area contributed by atoms with Crippen LogP contribution >= 0.6 is 23.5 Å². The molecular weight excluding hydrogens is 354 g/mol. The Morgan fingerprint density at radius 1 is 1.28 bits per heavy atom. The zero-order valence-electron chi connectivity index (χ0n) is 14.7. The molecule has 1 heterocycles. The molecule has 134 valence electrons. The molecule has 0 saturated carbocycles. The standard InChI is InChI=1S/C18H23N3O2S2/c1-4-8-24-10-14-9-15(22)21-18(19-14)25-11-16(23)20-17-12(2)6-5-7-13(17)3/h5-7,9H,4,8,10-11H2,1-3H3,(H,20,23)(H,19,21,22). The van der Waals surface area contributed by atoms with Gasteiger partial charge >= 0.3 is 0 Å². The van der Waals surface area contributed by atoms with E-state index in [1.54, 1.807) is 11.8 Å². The van der Waals surface area contributed by atoms with Crippen molar-refractivity contribution in [3.05, 3.63) is 51.4 Å². The third-order valence-electron chi connectivity index (χ3n) is 3.46. The van der Waals surface area contributed by atoms with Crippen molar-refractivity contribution in [1.82, 2.24) is 9.97 Å². The smallest absolute Gasteiger partial charge is 0.251 e. The molecule has 0 aliphatic rings. The van der Waals surface area contributed by atoms with Crippen LogP contribution in [0, 0.1) is 13.8 Å². The van der Waals surface area contributed by atoms with Gasteiger partial charge in [-0.05, 0) is 37.1 Å². The minimum Gasteiger partial charge on any atom is -0.325 e. The van der Waals surface area contributed by atoms with Crippen LogP contribution in [-0.4, -0.2) is 27.4 Å². The van der Waals surface area contributed by atoms with Crippen LogP contribution in [0.15, 0.2) is 34.2 Å². The van der Waals surface area contributed by atoms with Gasteiger partial charge in [0.25, 0.3) is 5.56 Å². The van der Waals surface area contributed by atoms with Crippen LogP contribution in [0.3, 0.4) is 0 Å². The lowest BCUT2D eigenvalue weighted by atomic mass is 10.1. The molecule has 0 saturated heterocycles. The summed E-state index contributed by atoms with van der Waals surface area (Å²) in [5, 5.41) is 3.42. The van der Waals surface area contributed by atoms with Crippen molar-refractivity contribution < 1.29 is 4.79 Å². The Bertz CT molecular complexity index is 770. The Hall–Kier alpha value is -1.73. The van der Waals surface area contributed by atoms with Crippen LogP contribution in [0.5, 0.6) is 0 Å². The summed E-state index contributed by atoms with van der Waals surface area (Å²) in [4.78, 5) is 31.1. The van der Waals surface area contributed by atoms with E-state index in [4.69, 9.17) is 0 Å². The Morgan fingerprint density at radius 2 is 2.00 bits per heavy atom. The van der Waals surface area contributed by atoms with E-state index in [0.717, 1.165) is 34.7 Å². The quantitative estimate of drug-likeness (QED) is 0.416. The monoisotopic (exact) mass is 377 g/mol. The van der Waals surface area contributed by atoms with Crippen molar-refractivity contribution >= 4 is 35.1 Å². The van der Waals surface area contributed by atoms with E-state index in [9.17, 15) is 9.59 Å². The summed E-state index contributed by atoms with van der Waals surface area (Å²) in [6, 6.07) is 7.41. The second-order valence-corrected chi connectivity index (χ2v) is 7.77. The normalized spacial score (nSPS) is 10.7. The third-order valence-corrected chi connectivity index (χ3v) is 5.53. The van der Waals surface area contributed by atoms with Gasteiger partial charge in [0.05, 0.1) is 11.4 Å². The fourth-order valence-corrected chi connectivity index (χ4v) is 3.75. The maximum atomic E-state index is 12.2. The van der Waals surface area contributed by atoms with Gasteiger partial charge in [0.15, 0.2) is 5.16 Å². The van der Waals surface area contributed by atoms with E-state index in [2.05, 4.69) is 22.2 Å². The number of nitrogens with one attached hydrogen (secondary N) is 2. The second kappa shape index (κ2) is 9.68. The number of nitrogens with zero attached hydrogens (tertiary/aromatic N) is 1. The maximum Gasteiger partial charge on any atom is 0.251 e. The van der Waals surface area contributed by atoms with Gasteiger partial charge in [-0.25, -0.2) is 4.98 Å². The number of hydrogen-bond donors (Lipinski definition) is 2. The molecular formula is C18H23N3O2S2. The van der Waals surface area contributed by atoms with E-state index in [1.165, 1.54) is 17.8 Å². The molecule has 2 N–H and O–H groups in total. The predicted molar refractivity (Wildman–Crippen MR) is 107 cm³/mol. The Morgan fingerprint density at radius 3 is 2.68 bits per heavy atom. The highest BCUT2D eigenvalue weighted by Gasteiger charge is 2.09. The summed E-state index contributed by atoms with van der Waals surface area (Å²) in [6.45, 7) is 6.05. The number of thioether (sulfide) groups is 2. The molecule has 7 heteroatoms. The van der Waals surface area contributed by atoms with E-state index in [1.807, 2.05) is 32.0 Å². The number of carbonyl (C=O) groups excluding carboxylic acids is 1. The fourth-order valence-electron chi connectivity index (χ4n) is 2.27. The summed E-state index contributed by atoms with van der Waals surface area (Å²) < 4.78 is 0. The van der Waals surface area contributed by atoms with Gasteiger partial charge in [-0.3, -0.25) is 9.59 Å². The number of aromatic nitrogens is 2. The lowest BCUT2D eigenvalue weighted by molar-refractivity contribution is -0.113. The minimum absolute atomic E-state index is 0.115. The SMILES string of the molecule is CCCSCc1cc(=O)[nH]c(SCC(=O)Nc2c(C)cccc2C)n1. The van der Waals surface area contributed by atoms with E-state index >= 15 is 0 Å². The minimum atomic E-state index is -0.181. The first-order chi connectivity index (χ1) is 12.0. The molecule has 2 aromatic rings. The highest BCUT2D eigenvalue weighted by Crippen LogP contribution is 2.20. The molecule has 0 spiro atoms. The molecule has 1 aromatic heterocycles. The zero-order valence-corrected chi connectivity index (χ0v) is 16.4. The predicted octanol–water partition coefficient (Wildman–Crippen LogP) is 3.76. The molecule has 0 fully saturated rings. The van der Waals surface area contributed by atoms with Gasteiger partial charge in [-0.2, -0.15) is 11.8 Å². The molecule has 1 aromatic carbocycles. The topological polar surface area (TPSA) is 74.8 Å². The number of amides is 1. The van der Waals surface area contributed by atoms with E-state index in [0.29, 0.717) is 10.9 Å². The van der Waals surface area contributed by atoms with E-state index < -0.39 is 0 Å². The summed E-state index contributed by atoms with van der Waals surface area (Å²) in [6.07, 6.45) is 1.09. The molecule has 0 bridgehead atoms. The molecule has 2 rings (SSSR count). The Kier molecular flexibility index (Phi) is 7.58. The number of H-pyrrole nitrogens is 1. The first kappa shape index (κ1) is 19.6. The first-order valence-corrected chi connectivity index (χ1v) is 10.3. The molecule has 0 radical (unpaired) electrons. The Labute approximate surface area is 156 Å². The number of hydrogen-bond acceptors (Lipinski definition) is 5. The average Bonchev–Trinajstić information content (AvgIpc) is 2.56. The molecule has 5 nitrogen and oxygen atoms in total. The third kappa shape index (κ3) is 6.25. The number of para-hydroxylation sites is 1.